The third kappa shape index (κ3) is 6.15. The monoisotopic (exact) mass is 393 g/mol. The lowest BCUT2D eigenvalue weighted by atomic mass is 10.2. The summed E-state index contributed by atoms with van der Waals surface area (Å²) >= 11 is 0. The van der Waals surface area contributed by atoms with Gasteiger partial charge in [-0.2, -0.15) is 5.10 Å². The molecule has 0 saturated heterocycles. The minimum atomic E-state index is -0.235. The van der Waals surface area contributed by atoms with Crippen LogP contribution in [0.4, 0.5) is 23.0 Å². The molecule has 0 fully saturated rings. The number of carbonyl (C=O) groups is 1. The molecule has 150 valence electrons. The summed E-state index contributed by atoms with van der Waals surface area (Å²) in [5, 5.41) is 13.4. The van der Waals surface area contributed by atoms with Crippen LogP contribution in [0, 0.1) is 0 Å². The highest BCUT2D eigenvalue weighted by Crippen LogP contribution is 2.16. The molecule has 3 aromatic rings. The summed E-state index contributed by atoms with van der Waals surface area (Å²) in [6, 6.07) is 9.37. The van der Waals surface area contributed by atoms with E-state index in [4.69, 9.17) is 4.74 Å². The maximum absolute atomic E-state index is 11.3. The molecule has 9 nitrogen and oxygen atoms in total. The molecule has 0 bridgehead atoms. The van der Waals surface area contributed by atoms with Crippen LogP contribution in [0.15, 0.2) is 61.7 Å². The number of nitrogens with one attached hydrogen (secondary N) is 3. The number of hydrogen-bond acceptors (Lipinski definition) is 7. The molecule has 0 aliphatic carbocycles. The maximum atomic E-state index is 11.3. The largest absolute Gasteiger partial charge is 0.383 e. The third-order valence-electron chi connectivity index (χ3n) is 3.98. The molecular weight excluding hydrogens is 370 g/mol. The molecule has 0 saturated carbocycles. The van der Waals surface area contributed by atoms with E-state index in [1.165, 1.54) is 12.4 Å². The lowest BCUT2D eigenvalue weighted by Gasteiger charge is -2.09. The van der Waals surface area contributed by atoms with Crippen LogP contribution in [-0.2, 0) is 22.6 Å². The van der Waals surface area contributed by atoms with Gasteiger partial charge in [0.2, 0.25) is 5.91 Å². The molecule has 1 amide bonds. The third-order valence-corrected chi connectivity index (χ3v) is 3.98. The van der Waals surface area contributed by atoms with Crippen molar-refractivity contribution in [1.29, 1.82) is 0 Å². The fourth-order valence-electron chi connectivity index (χ4n) is 2.50. The first-order valence-corrected chi connectivity index (χ1v) is 9.03. The molecule has 9 heteroatoms. The van der Waals surface area contributed by atoms with E-state index in [1.54, 1.807) is 18.0 Å². The average molecular weight is 393 g/mol. The Morgan fingerprint density at radius 3 is 2.76 bits per heavy atom. The molecule has 29 heavy (non-hydrogen) atoms. The van der Waals surface area contributed by atoms with E-state index in [1.807, 2.05) is 36.5 Å². The second kappa shape index (κ2) is 10.00. The Morgan fingerprint density at radius 2 is 2.00 bits per heavy atom. The van der Waals surface area contributed by atoms with Crippen LogP contribution in [0.5, 0.6) is 0 Å². The van der Waals surface area contributed by atoms with Crippen molar-refractivity contribution < 1.29 is 9.53 Å². The number of anilines is 4. The van der Waals surface area contributed by atoms with Gasteiger partial charge < -0.3 is 20.7 Å². The zero-order valence-electron chi connectivity index (χ0n) is 16.1. The van der Waals surface area contributed by atoms with Gasteiger partial charge in [-0.15, -0.1) is 0 Å². The highest BCUT2D eigenvalue weighted by Gasteiger charge is 2.03. The maximum Gasteiger partial charge on any atom is 0.247 e. The summed E-state index contributed by atoms with van der Waals surface area (Å²) in [6.45, 7) is 5.31. The topological polar surface area (TPSA) is 106 Å². The van der Waals surface area contributed by atoms with Crippen LogP contribution < -0.4 is 16.0 Å². The second-order valence-corrected chi connectivity index (χ2v) is 6.14. The lowest BCUT2D eigenvalue weighted by molar-refractivity contribution is -0.111. The Balaban J connectivity index is 1.55. The number of benzene rings is 1. The van der Waals surface area contributed by atoms with Crippen molar-refractivity contribution in [2.45, 2.75) is 13.1 Å². The van der Waals surface area contributed by atoms with E-state index in [2.05, 4.69) is 37.6 Å². The van der Waals surface area contributed by atoms with Gasteiger partial charge >= 0.3 is 0 Å². The van der Waals surface area contributed by atoms with Crippen LogP contribution in [-0.4, -0.2) is 39.4 Å². The van der Waals surface area contributed by atoms with Gasteiger partial charge in [-0.05, 0) is 23.8 Å². The lowest BCUT2D eigenvalue weighted by Crippen LogP contribution is -2.07. The van der Waals surface area contributed by atoms with Crippen molar-refractivity contribution in [1.82, 2.24) is 19.7 Å². The molecule has 1 aromatic carbocycles. The Morgan fingerprint density at radius 1 is 1.21 bits per heavy atom. The molecule has 0 atom stereocenters. The smallest absolute Gasteiger partial charge is 0.247 e. The standard InChI is InChI=1S/C20H23N7O2/c1-3-20(28)26-16-6-4-15(5-7-16)11-21-18-10-19(23-14-22-18)25-17-12-24-27(13-17)8-9-29-2/h3-7,10,12-14H,1,8-9,11H2,2H3,(H,26,28)(H2,21,22,23,25). The first kappa shape index (κ1) is 20.0. The number of methoxy groups -OCH3 is 1. The van der Waals surface area contributed by atoms with Gasteiger partial charge in [0.25, 0.3) is 0 Å². The molecule has 0 radical (unpaired) electrons. The van der Waals surface area contributed by atoms with Crippen molar-refractivity contribution >= 4 is 28.9 Å². The highest BCUT2D eigenvalue weighted by molar-refractivity contribution is 5.98. The summed E-state index contributed by atoms with van der Waals surface area (Å²) in [4.78, 5) is 19.8. The summed E-state index contributed by atoms with van der Waals surface area (Å²) in [7, 11) is 1.66. The Kier molecular flexibility index (Phi) is 6.90. The van der Waals surface area contributed by atoms with Crippen molar-refractivity contribution in [3.05, 3.63) is 67.3 Å². The average Bonchev–Trinajstić information content (AvgIpc) is 3.19. The van der Waals surface area contributed by atoms with Crippen LogP contribution >= 0.6 is 0 Å². The predicted molar refractivity (Wildman–Crippen MR) is 112 cm³/mol. The van der Waals surface area contributed by atoms with Crippen molar-refractivity contribution in [2.24, 2.45) is 0 Å². The van der Waals surface area contributed by atoms with E-state index in [0.29, 0.717) is 31.3 Å². The summed E-state index contributed by atoms with van der Waals surface area (Å²) in [6.07, 6.45) is 6.35. The molecule has 2 heterocycles. The highest BCUT2D eigenvalue weighted by atomic mass is 16.5. The zero-order valence-corrected chi connectivity index (χ0v) is 16.1. The number of hydrogen-bond donors (Lipinski definition) is 3. The predicted octanol–water partition coefficient (Wildman–Crippen LogP) is 2.80. The normalized spacial score (nSPS) is 10.4. The van der Waals surface area contributed by atoms with E-state index in [0.717, 1.165) is 16.9 Å². The van der Waals surface area contributed by atoms with Gasteiger partial charge in [-0.25, -0.2) is 9.97 Å². The Hall–Kier alpha value is -3.72. The quantitative estimate of drug-likeness (QED) is 0.455. The van der Waals surface area contributed by atoms with E-state index in [-0.39, 0.29) is 5.91 Å². The van der Waals surface area contributed by atoms with E-state index in [9.17, 15) is 4.79 Å². The SMILES string of the molecule is C=CC(=O)Nc1ccc(CNc2cc(Nc3cnn(CCOC)c3)ncn2)cc1. The van der Waals surface area contributed by atoms with Gasteiger partial charge in [-0.1, -0.05) is 18.7 Å². The number of rotatable bonds is 10. The number of aromatic nitrogens is 4. The van der Waals surface area contributed by atoms with Crippen LogP contribution in [0.3, 0.4) is 0 Å². The number of nitrogens with zero attached hydrogens (tertiary/aromatic N) is 4. The Bertz CT molecular complexity index is 953. The van der Waals surface area contributed by atoms with Crippen LogP contribution in [0.1, 0.15) is 5.56 Å². The molecule has 0 aliphatic heterocycles. The fourth-order valence-corrected chi connectivity index (χ4v) is 2.50. The molecule has 3 N–H and O–H groups in total. The summed E-state index contributed by atoms with van der Waals surface area (Å²) in [5.74, 6) is 1.12. The minimum Gasteiger partial charge on any atom is -0.383 e. The fraction of sp³-hybridized carbons (Fsp3) is 0.200. The number of ether oxygens (including phenoxy) is 1. The van der Waals surface area contributed by atoms with E-state index >= 15 is 0 Å². The molecule has 0 spiro atoms. The molecule has 0 unspecified atom stereocenters. The second-order valence-electron chi connectivity index (χ2n) is 6.14. The van der Waals surface area contributed by atoms with Crippen LogP contribution in [0.2, 0.25) is 0 Å². The van der Waals surface area contributed by atoms with Gasteiger partial charge in [0.1, 0.15) is 18.0 Å². The Labute approximate surface area is 168 Å². The first-order chi connectivity index (χ1) is 14.2. The molecule has 0 aliphatic rings. The molecule has 3 rings (SSSR count). The van der Waals surface area contributed by atoms with Gasteiger partial charge in [0.05, 0.1) is 25.0 Å². The first-order valence-electron chi connectivity index (χ1n) is 9.03. The van der Waals surface area contributed by atoms with Crippen molar-refractivity contribution in [3.63, 3.8) is 0 Å². The van der Waals surface area contributed by atoms with Gasteiger partial charge in [0.15, 0.2) is 0 Å². The van der Waals surface area contributed by atoms with Gasteiger partial charge in [0, 0.05) is 31.6 Å². The number of amides is 1. The zero-order chi connectivity index (χ0) is 20.5. The van der Waals surface area contributed by atoms with Crippen molar-refractivity contribution in [2.75, 3.05) is 29.7 Å². The minimum absolute atomic E-state index is 0.235. The number of carbonyl (C=O) groups excluding carboxylic acids is 1. The van der Waals surface area contributed by atoms with Crippen LogP contribution in [0.25, 0.3) is 0 Å². The van der Waals surface area contributed by atoms with Gasteiger partial charge in [-0.3, -0.25) is 9.48 Å². The molecular formula is C20H23N7O2. The summed E-state index contributed by atoms with van der Waals surface area (Å²) in [5.41, 5.74) is 2.61. The van der Waals surface area contributed by atoms with Crippen molar-refractivity contribution in [3.8, 4) is 0 Å². The molecule has 2 aromatic heterocycles. The van der Waals surface area contributed by atoms with E-state index < -0.39 is 0 Å². The summed E-state index contributed by atoms with van der Waals surface area (Å²) < 4.78 is 6.85.